The molecule has 2 N–H and O–H groups in total. The molecule has 5 nitrogen and oxygen atoms in total. The van der Waals surface area contributed by atoms with Crippen molar-refractivity contribution in [3.63, 3.8) is 0 Å². The van der Waals surface area contributed by atoms with Crippen LogP contribution < -0.4 is 5.73 Å². The van der Waals surface area contributed by atoms with Crippen molar-refractivity contribution in [1.82, 2.24) is 9.88 Å². The number of halogens is 3. The van der Waals surface area contributed by atoms with E-state index in [0.717, 1.165) is 0 Å². The Morgan fingerprint density at radius 3 is 2.46 bits per heavy atom. The number of alkyl halides is 3. The van der Waals surface area contributed by atoms with Gasteiger partial charge in [-0.3, -0.25) is 0 Å². The number of pyridine rings is 1. The van der Waals surface area contributed by atoms with Crippen LogP contribution in [0.2, 0.25) is 0 Å². The van der Waals surface area contributed by atoms with E-state index in [9.17, 15) is 18.0 Å². The molecule has 0 spiro atoms. The van der Waals surface area contributed by atoms with Gasteiger partial charge >= 0.3 is 12.3 Å². The lowest BCUT2D eigenvalue weighted by atomic mass is 9.97. The Morgan fingerprint density at radius 1 is 1.29 bits per heavy atom. The first-order valence-electron chi connectivity index (χ1n) is 7.48. The largest absolute Gasteiger partial charge is 0.444 e. The van der Waals surface area contributed by atoms with E-state index < -0.39 is 23.6 Å². The number of carbonyl (C=O) groups excluding carboxylic acids is 1. The number of nitrogen functional groups attached to an aromatic ring is 1. The van der Waals surface area contributed by atoms with Crippen LogP contribution in [0.4, 0.5) is 23.8 Å². The number of amides is 1. The lowest BCUT2D eigenvalue weighted by molar-refractivity contribution is -0.141. The van der Waals surface area contributed by atoms with Gasteiger partial charge in [-0.1, -0.05) is 6.08 Å². The molecule has 0 fully saturated rings. The summed E-state index contributed by atoms with van der Waals surface area (Å²) in [4.78, 5) is 16.9. The average molecular weight is 343 g/mol. The third kappa shape index (κ3) is 4.39. The van der Waals surface area contributed by atoms with Crippen molar-refractivity contribution in [1.29, 1.82) is 0 Å². The molecule has 0 radical (unpaired) electrons. The smallest absolute Gasteiger partial charge is 0.434 e. The molecule has 0 unspecified atom stereocenters. The van der Waals surface area contributed by atoms with Crippen molar-refractivity contribution >= 4 is 17.5 Å². The molecule has 1 amide bonds. The second-order valence-corrected chi connectivity index (χ2v) is 6.54. The Kier molecular flexibility index (Phi) is 4.77. The molecule has 8 heteroatoms. The van der Waals surface area contributed by atoms with E-state index >= 15 is 0 Å². The van der Waals surface area contributed by atoms with Gasteiger partial charge in [-0.2, -0.15) is 13.2 Å². The van der Waals surface area contributed by atoms with E-state index in [1.807, 2.05) is 0 Å². The van der Waals surface area contributed by atoms with E-state index in [2.05, 4.69) is 4.98 Å². The van der Waals surface area contributed by atoms with E-state index in [-0.39, 0.29) is 30.9 Å². The molecule has 1 aliphatic rings. The maximum Gasteiger partial charge on any atom is 0.434 e. The van der Waals surface area contributed by atoms with Crippen LogP contribution in [-0.4, -0.2) is 34.7 Å². The monoisotopic (exact) mass is 343 g/mol. The Morgan fingerprint density at radius 2 is 1.96 bits per heavy atom. The Hall–Kier alpha value is -2.25. The van der Waals surface area contributed by atoms with Crippen LogP contribution >= 0.6 is 0 Å². The van der Waals surface area contributed by atoms with Crippen LogP contribution in [0.25, 0.3) is 5.57 Å². The van der Waals surface area contributed by atoms with Crippen LogP contribution in [0.15, 0.2) is 18.2 Å². The van der Waals surface area contributed by atoms with Crippen LogP contribution in [-0.2, 0) is 10.9 Å². The van der Waals surface area contributed by atoms with Crippen molar-refractivity contribution in [2.75, 3.05) is 18.8 Å². The van der Waals surface area contributed by atoms with Crippen LogP contribution in [0.1, 0.15) is 38.4 Å². The molecule has 2 rings (SSSR count). The second-order valence-electron chi connectivity index (χ2n) is 6.54. The van der Waals surface area contributed by atoms with Gasteiger partial charge < -0.3 is 15.4 Å². The quantitative estimate of drug-likeness (QED) is 0.844. The van der Waals surface area contributed by atoms with Crippen molar-refractivity contribution in [2.24, 2.45) is 0 Å². The fourth-order valence-electron chi connectivity index (χ4n) is 2.36. The number of ether oxygens (including phenoxy) is 1. The minimum absolute atomic E-state index is 0.000499. The number of aromatic nitrogens is 1. The molecule has 1 aromatic rings. The highest BCUT2D eigenvalue weighted by Crippen LogP contribution is 2.36. The summed E-state index contributed by atoms with van der Waals surface area (Å²) in [6, 6.07) is 2.66. The molecule has 0 saturated heterocycles. The van der Waals surface area contributed by atoms with Crippen molar-refractivity contribution in [3.05, 3.63) is 29.5 Å². The molecule has 1 aromatic heterocycles. The van der Waals surface area contributed by atoms with Gasteiger partial charge in [-0.25, -0.2) is 9.78 Å². The predicted molar refractivity (Wildman–Crippen MR) is 84.1 cm³/mol. The van der Waals surface area contributed by atoms with Crippen LogP contribution in [0.3, 0.4) is 0 Å². The number of hydrogen-bond acceptors (Lipinski definition) is 4. The molecule has 0 aromatic carbocycles. The molecule has 2 heterocycles. The van der Waals surface area contributed by atoms with E-state index in [1.54, 1.807) is 26.8 Å². The normalized spacial score (nSPS) is 15.9. The first-order chi connectivity index (χ1) is 11.0. The van der Waals surface area contributed by atoms with Gasteiger partial charge in [0.1, 0.15) is 11.4 Å². The van der Waals surface area contributed by atoms with Crippen LogP contribution in [0.5, 0.6) is 0 Å². The highest BCUT2D eigenvalue weighted by Gasteiger charge is 2.37. The van der Waals surface area contributed by atoms with Gasteiger partial charge in [0.15, 0.2) is 5.69 Å². The fourth-order valence-corrected chi connectivity index (χ4v) is 2.36. The van der Waals surface area contributed by atoms with Gasteiger partial charge in [0.25, 0.3) is 0 Å². The van der Waals surface area contributed by atoms with E-state index in [0.29, 0.717) is 5.57 Å². The maximum atomic E-state index is 13.1. The van der Waals surface area contributed by atoms with Gasteiger partial charge in [0.2, 0.25) is 0 Å². The zero-order valence-corrected chi connectivity index (χ0v) is 13.8. The van der Waals surface area contributed by atoms with Crippen molar-refractivity contribution < 1.29 is 22.7 Å². The summed E-state index contributed by atoms with van der Waals surface area (Å²) in [5, 5.41) is 0. The van der Waals surface area contributed by atoms with Crippen molar-refractivity contribution in [2.45, 2.75) is 39.0 Å². The van der Waals surface area contributed by atoms with E-state index in [1.165, 1.54) is 17.0 Å². The molecule has 0 aliphatic carbocycles. The average Bonchev–Trinajstić information content (AvgIpc) is 2.44. The van der Waals surface area contributed by atoms with Crippen molar-refractivity contribution in [3.8, 4) is 0 Å². The highest BCUT2D eigenvalue weighted by atomic mass is 19.4. The van der Waals surface area contributed by atoms with Gasteiger partial charge in [-0.05, 0) is 44.9 Å². The summed E-state index contributed by atoms with van der Waals surface area (Å²) < 4.78 is 44.7. The number of hydrogen-bond donors (Lipinski definition) is 1. The molecular formula is C16H20F3N3O2. The molecule has 132 valence electrons. The third-order valence-corrected chi connectivity index (χ3v) is 3.39. The lowest BCUT2D eigenvalue weighted by Crippen LogP contribution is -2.39. The summed E-state index contributed by atoms with van der Waals surface area (Å²) >= 11 is 0. The minimum Gasteiger partial charge on any atom is -0.444 e. The lowest BCUT2D eigenvalue weighted by Gasteiger charge is -2.30. The molecule has 24 heavy (non-hydrogen) atoms. The molecule has 0 bridgehead atoms. The number of nitrogens with two attached hydrogens (primary N) is 1. The van der Waals surface area contributed by atoms with Crippen LogP contribution in [0, 0.1) is 0 Å². The zero-order chi connectivity index (χ0) is 18.1. The number of nitrogens with zero attached hydrogens (tertiary/aromatic N) is 2. The van der Waals surface area contributed by atoms with Gasteiger partial charge in [-0.15, -0.1) is 0 Å². The summed E-state index contributed by atoms with van der Waals surface area (Å²) in [6.45, 7) is 5.73. The zero-order valence-electron chi connectivity index (χ0n) is 13.8. The Labute approximate surface area is 138 Å². The molecular weight excluding hydrogens is 323 g/mol. The summed E-state index contributed by atoms with van der Waals surface area (Å²) in [5.74, 6) is -0.183. The van der Waals surface area contributed by atoms with E-state index in [4.69, 9.17) is 10.5 Å². The second kappa shape index (κ2) is 6.33. The number of anilines is 1. The minimum atomic E-state index is -4.59. The summed E-state index contributed by atoms with van der Waals surface area (Å²) in [6.07, 6.45) is -3.19. The first-order valence-corrected chi connectivity index (χ1v) is 7.48. The Balaban J connectivity index is 2.21. The number of carbonyl (C=O) groups is 1. The number of rotatable bonds is 1. The topological polar surface area (TPSA) is 68.5 Å². The molecule has 0 atom stereocenters. The summed E-state index contributed by atoms with van der Waals surface area (Å²) in [7, 11) is 0. The molecule has 1 aliphatic heterocycles. The highest BCUT2D eigenvalue weighted by molar-refractivity contribution is 5.74. The van der Waals surface area contributed by atoms with Gasteiger partial charge in [0.05, 0.1) is 0 Å². The fraction of sp³-hybridized carbons (Fsp3) is 0.500. The third-order valence-electron chi connectivity index (χ3n) is 3.39. The SMILES string of the molecule is CC(C)(C)OC(=O)N1CC=C(c2ccc(N)nc2C(F)(F)F)CC1. The molecule has 0 saturated carbocycles. The summed E-state index contributed by atoms with van der Waals surface area (Å²) in [5.41, 5.74) is 4.25. The van der Waals surface area contributed by atoms with Gasteiger partial charge in [0, 0.05) is 18.7 Å². The maximum absolute atomic E-state index is 13.1. The Bertz CT molecular complexity index is 664. The first kappa shape index (κ1) is 18.1. The predicted octanol–water partition coefficient (Wildman–Crippen LogP) is 3.71. The standard InChI is InChI=1S/C16H20F3N3O2/c1-15(2,3)24-14(23)22-8-6-10(7-9-22)11-4-5-12(20)21-13(11)16(17,18)19/h4-6H,7-9H2,1-3H3,(H2,20,21).